The highest BCUT2D eigenvalue weighted by atomic mass is 79.9. The van der Waals surface area contributed by atoms with Crippen LogP contribution < -0.4 is 14.2 Å². The molecule has 0 aliphatic carbocycles. The predicted octanol–water partition coefficient (Wildman–Crippen LogP) is 4.12. The van der Waals surface area contributed by atoms with Gasteiger partial charge in [0.15, 0.2) is 11.5 Å². The zero-order valence-electron chi connectivity index (χ0n) is 14.2. The van der Waals surface area contributed by atoms with Gasteiger partial charge >= 0.3 is 0 Å². The van der Waals surface area contributed by atoms with Crippen molar-refractivity contribution in [2.75, 3.05) is 11.5 Å². The molecule has 1 aromatic carbocycles. The summed E-state index contributed by atoms with van der Waals surface area (Å²) in [5.41, 5.74) is 2.37. The van der Waals surface area contributed by atoms with Gasteiger partial charge in [-0.1, -0.05) is 11.2 Å². The van der Waals surface area contributed by atoms with Crippen LogP contribution in [0.1, 0.15) is 16.8 Å². The van der Waals surface area contributed by atoms with Crippen molar-refractivity contribution in [3.05, 3.63) is 50.9 Å². The van der Waals surface area contributed by atoms with Gasteiger partial charge in [0, 0.05) is 0 Å². The number of benzene rings is 1. The average Bonchev–Trinajstić information content (AvgIpc) is 3.36. The third-order valence-electron chi connectivity index (χ3n) is 4.09. The van der Waals surface area contributed by atoms with Crippen LogP contribution >= 0.6 is 27.3 Å². The summed E-state index contributed by atoms with van der Waals surface area (Å²) in [4.78, 5) is 0. The van der Waals surface area contributed by atoms with Gasteiger partial charge in [0.2, 0.25) is 6.79 Å². The Morgan fingerprint density at radius 2 is 2.04 bits per heavy atom. The van der Waals surface area contributed by atoms with E-state index in [2.05, 4.69) is 25.8 Å². The van der Waals surface area contributed by atoms with E-state index in [1.807, 2.05) is 24.3 Å². The molecule has 142 valence electrons. The fraction of sp³-hybridized carbons (Fsp3) is 0.235. The van der Waals surface area contributed by atoms with E-state index in [9.17, 15) is 8.42 Å². The number of hydrogen-bond donors (Lipinski definition) is 1. The molecule has 2 aromatic heterocycles. The van der Waals surface area contributed by atoms with Crippen molar-refractivity contribution >= 4 is 43.2 Å². The van der Waals surface area contributed by atoms with Gasteiger partial charge in [-0.2, -0.15) is 0 Å². The largest absolute Gasteiger partial charge is 0.454 e. The summed E-state index contributed by atoms with van der Waals surface area (Å²) in [5.74, 6) is 1.52. The Kier molecular flexibility index (Phi) is 4.87. The lowest BCUT2D eigenvalue weighted by atomic mass is 10.1. The molecular formula is C17H15BrN2O5S2. The molecule has 7 nitrogen and oxygen atoms in total. The van der Waals surface area contributed by atoms with Gasteiger partial charge in [0.05, 0.1) is 5.69 Å². The fourth-order valence-electron chi connectivity index (χ4n) is 2.71. The second-order valence-electron chi connectivity index (χ2n) is 5.94. The highest BCUT2D eigenvalue weighted by Crippen LogP contribution is 2.34. The highest BCUT2D eigenvalue weighted by Gasteiger charge is 2.24. The molecule has 0 fully saturated rings. The molecule has 27 heavy (non-hydrogen) atoms. The fourth-order valence-corrected chi connectivity index (χ4v) is 5.55. The molecule has 0 unspecified atom stereocenters. The van der Waals surface area contributed by atoms with Gasteiger partial charge in [0.25, 0.3) is 15.9 Å². The molecule has 0 saturated carbocycles. The highest BCUT2D eigenvalue weighted by molar-refractivity contribution is 9.10. The van der Waals surface area contributed by atoms with E-state index in [-0.39, 0.29) is 16.9 Å². The van der Waals surface area contributed by atoms with E-state index in [1.54, 1.807) is 12.3 Å². The number of nitrogens with zero attached hydrogens (tertiary/aromatic N) is 1. The Morgan fingerprint density at radius 1 is 1.22 bits per heavy atom. The van der Waals surface area contributed by atoms with Crippen molar-refractivity contribution in [3.63, 3.8) is 0 Å². The Balaban J connectivity index is 1.51. The molecule has 4 rings (SSSR count). The number of ether oxygens (including phenoxy) is 2. The standard InChI is InChI=1S/C17H15BrN2O5S2/c1-10-15(18)16(25-19-10)20-27(21,22)17-12(6-7-26-17)4-2-11-3-5-13-14(8-11)24-9-23-13/h3,5-8,20H,2,4,9H2,1H3. The minimum Gasteiger partial charge on any atom is -0.454 e. The van der Waals surface area contributed by atoms with Gasteiger partial charge in [-0.15, -0.1) is 11.3 Å². The van der Waals surface area contributed by atoms with Crippen LogP contribution in [0.25, 0.3) is 0 Å². The van der Waals surface area contributed by atoms with Gasteiger partial charge in [-0.3, -0.25) is 0 Å². The molecule has 0 atom stereocenters. The quantitative estimate of drug-likeness (QED) is 0.582. The Labute approximate surface area is 168 Å². The van der Waals surface area contributed by atoms with Gasteiger partial charge in [0.1, 0.15) is 8.68 Å². The van der Waals surface area contributed by atoms with Crippen molar-refractivity contribution in [2.45, 2.75) is 24.0 Å². The van der Waals surface area contributed by atoms with Crippen LogP contribution in [0.3, 0.4) is 0 Å². The normalized spacial score (nSPS) is 13.1. The first-order valence-electron chi connectivity index (χ1n) is 8.03. The van der Waals surface area contributed by atoms with Crippen molar-refractivity contribution in [2.24, 2.45) is 0 Å². The Morgan fingerprint density at radius 3 is 2.81 bits per heavy atom. The first kappa shape index (κ1) is 18.3. The number of fused-ring (bicyclic) bond motifs is 1. The summed E-state index contributed by atoms with van der Waals surface area (Å²) in [7, 11) is -3.76. The molecule has 3 aromatic rings. The number of halogens is 1. The van der Waals surface area contributed by atoms with E-state index in [0.717, 1.165) is 22.6 Å². The molecule has 3 heterocycles. The van der Waals surface area contributed by atoms with E-state index in [1.165, 1.54) is 11.3 Å². The van der Waals surface area contributed by atoms with E-state index >= 15 is 0 Å². The first-order valence-corrected chi connectivity index (χ1v) is 11.2. The minimum atomic E-state index is -3.76. The molecule has 0 saturated heterocycles. The van der Waals surface area contributed by atoms with Crippen LogP contribution in [0.4, 0.5) is 5.88 Å². The van der Waals surface area contributed by atoms with E-state index < -0.39 is 10.0 Å². The van der Waals surface area contributed by atoms with Gasteiger partial charge in [-0.25, -0.2) is 13.1 Å². The molecule has 1 N–H and O–H groups in total. The number of thiophene rings is 1. The number of sulfonamides is 1. The van der Waals surface area contributed by atoms with E-state index in [4.69, 9.17) is 14.0 Å². The van der Waals surface area contributed by atoms with Crippen molar-refractivity contribution in [3.8, 4) is 11.5 Å². The van der Waals surface area contributed by atoms with Crippen molar-refractivity contribution in [1.82, 2.24) is 5.16 Å². The number of aromatic nitrogens is 1. The number of anilines is 1. The molecule has 0 bridgehead atoms. The average molecular weight is 471 g/mol. The lowest BCUT2D eigenvalue weighted by molar-refractivity contribution is 0.174. The SMILES string of the molecule is Cc1noc(NS(=O)(=O)c2sccc2CCc2ccc3c(c2)OCO3)c1Br. The first-order chi connectivity index (χ1) is 12.9. The molecule has 0 amide bonds. The maximum absolute atomic E-state index is 12.8. The summed E-state index contributed by atoms with van der Waals surface area (Å²) in [6.45, 7) is 1.95. The number of hydrogen-bond acceptors (Lipinski definition) is 7. The maximum Gasteiger partial charge on any atom is 0.274 e. The molecule has 0 spiro atoms. The summed E-state index contributed by atoms with van der Waals surface area (Å²) in [6, 6.07) is 7.58. The number of nitrogens with one attached hydrogen (secondary N) is 1. The van der Waals surface area contributed by atoms with E-state index in [0.29, 0.717) is 23.0 Å². The van der Waals surface area contributed by atoms with Crippen LogP contribution in [0.2, 0.25) is 0 Å². The minimum absolute atomic E-state index is 0.0719. The summed E-state index contributed by atoms with van der Waals surface area (Å²) in [5, 5.41) is 5.51. The van der Waals surface area contributed by atoms with Gasteiger partial charge < -0.3 is 14.0 Å². The number of rotatable bonds is 6. The lowest BCUT2D eigenvalue weighted by Crippen LogP contribution is -2.13. The molecule has 1 aliphatic heterocycles. The molecule has 0 radical (unpaired) electrons. The maximum atomic E-state index is 12.8. The summed E-state index contributed by atoms with van der Waals surface area (Å²) < 4.78 is 44.5. The zero-order chi connectivity index (χ0) is 19.0. The topological polar surface area (TPSA) is 90.7 Å². The molecular weight excluding hydrogens is 456 g/mol. The summed E-state index contributed by atoms with van der Waals surface area (Å²) in [6.07, 6.45) is 1.26. The van der Waals surface area contributed by atoms with Crippen LogP contribution in [-0.2, 0) is 22.9 Å². The van der Waals surface area contributed by atoms with Crippen LogP contribution in [0.15, 0.2) is 42.9 Å². The third kappa shape index (κ3) is 3.69. The second kappa shape index (κ2) is 7.17. The van der Waals surface area contributed by atoms with Gasteiger partial charge in [-0.05, 0) is 70.4 Å². The molecule has 10 heteroatoms. The van der Waals surface area contributed by atoms with Crippen LogP contribution in [0.5, 0.6) is 11.5 Å². The zero-order valence-corrected chi connectivity index (χ0v) is 17.4. The molecule has 1 aliphatic rings. The van der Waals surface area contributed by atoms with Crippen molar-refractivity contribution in [1.29, 1.82) is 0 Å². The number of aryl methyl sites for hydroxylation is 3. The Hall–Kier alpha value is -2.04. The smallest absolute Gasteiger partial charge is 0.274 e. The van der Waals surface area contributed by atoms with Crippen LogP contribution in [0, 0.1) is 6.92 Å². The Bertz CT molecular complexity index is 1090. The second-order valence-corrected chi connectivity index (χ2v) is 9.52. The monoisotopic (exact) mass is 470 g/mol. The summed E-state index contributed by atoms with van der Waals surface area (Å²) >= 11 is 4.44. The third-order valence-corrected chi connectivity index (χ3v) is 7.92. The van der Waals surface area contributed by atoms with Crippen LogP contribution in [-0.4, -0.2) is 20.4 Å². The van der Waals surface area contributed by atoms with Crippen molar-refractivity contribution < 1.29 is 22.4 Å². The predicted molar refractivity (Wildman–Crippen MR) is 104 cm³/mol. The lowest BCUT2D eigenvalue weighted by Gasteiger charge is -2.07.